The van der Waals surface area contributed by atoms with E-state index in [9.17, 15) is 8.42 Å². The molecule has 0 saturated heterocycles. The van der Waals surface area contributed by atoms with E-state index in [0.717, 1.165) is 18.6 Å². The minimum Gasteiger partial charge on any atom is -0.492 e. The molecule has 1 aromatic rings. The third-order valence-electron chi connectivity index (χ3n) is 2.50. The van der Waals surface area contributed by atoms with Crippen LogP contribution in [-0.4, -0.2) is 53.4 Å². The Kier molecular flexibility index (Phi) is 8.31. The van der Waals surface area contributed by atoms with Gasteiger partial charge >= 0.3 is 0 Å². The van der Waals surface area contributed by atoms with E-state index in [1.54, 1.807) is 0 Å². The van der Waals surface area contributed by atoms with Crippen molar-refractivity contribution in [2.45, 2.75) is 6.92 Å². The number of nitrogens with zero attached hydrogens (tertiary/aromatic N) is 1. The van der Waals surface area contributed by atoms with Gasteiger partial charge in [0.05, 0.1) is 19.3 Å². The van der Waals surface area contributed by atoms with Crippen molar-refractivity contribution in [3.8, 4) is 5.75 Å². The fraction of sp³-hybridized carbons (Fsp3) is 0.500. The van der Waals surface area contributed by atoms with Crippen molar-refractivity contribution >= 4 is 16.0 Å². The van der Waals surface area contributed by atoms with E-state index in [4.69, 9.17) is 4.74 Å². The number of hydrogen-bond acceptors (Lipinski definition) is 4. The van der Waals surface area contributed by atoms with Crippen LogP contribution in [-0.2, 0) is 10.0 Å². The van der Waals surface area contributed by atoms with Gasteiger partial charge in [-0.3, -0.25) is 4.99 Å². The highest BCUT2D eigenvalue weighted by atomic mass is 32.2. The summed E-state index contributed by atoms with van der Waals surface area (Å²) in [6.07, 6.45) is 1.13. The van der Waals surface area contributed by atoms with E-state index in [2.05, 4.69) is 20.3 Å². The van der Waals surface area contributed by atoms with E-state index in [1.165, 1.54) is 0 Å². The Morgan fingerprint density at radius 1 is 1.18 bits per heavy atom. The lowest BCUT2D eigenvalue weighted by Crippen LogP contribution is -2.40. The van der Waals surface area contributed by atoms with Crippen LogP contribution < -0.4 is 20.1 Å². The molecule has 0 aliphatic rings. The van der Waals surface area contributed by atoms with Gasteiger partial charge in [0.15, 0.2) is 5.96 Å². The Hall–Kier alpha value is -1.80. The van der Waals surface area contributed by atoms with E-state index < -0.39 is 10.0 Å². The van der Waals surface area contributed by atoms with Crippen molar-refractivity contribution in [1.82, 2.24) is 15.4 Å². The van der Waals surface area contributed by atoms with Gasteiger partial charge in [0, 0.05) is 13.1 Å². The fourth-order valence-corrected chi connectivity index (χ4v) is 2.06. The Morgan fingerprint density at radius 2 is 1.91 bits per heavy atom. The third-order valence-corrected chi connectivity index (χ3v) is 3.23. The van der Waals surface area contributed by atoms with Gasteiger partial charge in [0.25, 0.3) is 0 Å². The highest BCUT2D eigenvalue weighted by Crippen LogP contribution is 2.07. The zero-order valence-corrected chi connectivity index (χ0v) is 13.8. The first-order valence-electron chi connectivity index (χ1n) is 7.16. The molecule has 1 rings (SSSR count). The highest BCUT2D eigenvalue weighted by molar-refractivity contribution is 7.88. The summed E-state index contributed by atoms with van der Waals surface area (Å²) in [7, 11) is -3.17. The molecule has 0 bridgehead atoms. The van der Waals surface area contributed by atoms with E-state index in [0.29, 0.717) is 25.7 Å². The van der Waals surface area contributed by atoms with Crippen LogP contribution in [0.15, 0.2) is 35.3 Å². The first-order valence-corrected chi connectivity index (χ1v) is 9.05. The van der Waals surface area contributed by atoms with Crippen molar-refractivity contribution < 1.29 is 13.2 Å². The zero-order chi connectivity index (χ0) is 16.3. The molecule has 22 heavy (non-hydrogen) atoms. The second kappa shape index (κ2) is 10.0. The Balaban J connectivity index is 2.27. The van der Waals surface area contributed by atoms with E-state index in [-0.39, 0.29) is 6.54 Å². The molecule has 3 N–H and O–H groups in total. The molecular formula is C14H24N4O3S. The standard InChI is InChI=1S/C14H24N4O3S/c1-3-15-14(16-9-10-18-22(2,19)20)17-11-12-21-13-7-5-4-6-8-13/h4-8,18H,3,9-12H2,1-2H3,(H2,15,16,17). The van der Waals surface area contributed by atoms with Crippen LogP contribution in [0.5, 0.6) is 5.75 Å². The molecule has 0 unspecified atom stereocenters. The maximum Gasteiger partial charge on any atom is 0.208 e. The number of nitrogens with one attached hydrogen (secondary N) is 3. The molecule has 7 nitrogen and oxygen atoms in total. The Morgan fingerprint density at radius 3 is 2.55 bits per heavy atom. The van der Waals surface area contributed by atoms with Gasteiger partial charge in [-0.15, -0.1) is 0 Å². The maximum absolute atomic E-state index is 10.9. The van der Waals surface area contributed by atoms with Crippen LogP contribution in [0.1, 0.15) is 6.92 Å². The number of ether oxygens (including phenoxy) is 1. The summed E-state index contributed by atoms with van der Waals surface area (Å²) in [6, 6.07) is 9.57. The molecule has 0 atom stereocenters. The molecule has 0 aliphatic heterocycles. The first-order chi connectivity index (χ1) is 10.5. The molecule has 0 fully saturated rings. The van der Waals surface area contributed by atoms with Gasteiger partial charge in [0.2, 0.25) is 10.0 Å². The molecule has 1 aromatic carbocycles. The lowest BCUT2D eigenvalue weighted by Gasteiger charge is -2.12. The van der Waals surface area contributed by atoms with Crippen LogP contribution in [0.25, 0.3) is 0 Å². The predicted octanol–water partition coefficient (Wildman–Crippen LogP) is 0.170. The first kappa shape index (κ1) is 18.2. The summed E-state index contributed by atoms with van der Waals surface area (Å²) in [6.45, 7) is 4.44. The number of aliphatic imine (C=N–C) groups is 1. The molecule has 124 valence electrons. The second-order valence-electron chi connectivity index (χ2n) is 4.52. The topological polar surface area (TPSA) is 91.8 Å². The largest absolute Gasteiger partial charge is 0.492 e. The van der Waals surface area contributed by atoms with Gasteiger partial charge in [-0.1, -0.05) is 18.2 Å². The normalized spacial score (nSPS) is 12.0. The third kappa shape index (κ3) is 9.19. The highest BCUT2D eigenvalue weighted by Gasteiger charge is 2.00. The van der Waals surface area contributed by atoms with Crippen molar-refractivity contribution in [2.24, 2.45) is 4.99 Å². The number of rotatable bonds is 9. The molecule has 0 aliphatic carbocycles. The molecule has 0 radical (unpaired) electrons. The van der Waals surface area contributed by atoms with Crippen molar-refractivity contribution in [1.29, 1.82) is 0 Å². The van der Waals surface area contributed by atoms with Gasteiger partial charge in [-0.25, -0.2) is 13.1 Å². The monoisotopic (exact) mass is 328 g/mol. The van der Waals surface area contributed by atoms with Crippen LogP contribution in [0.4, 0.5) is 0 Å². The maximum atomic E-state index is 10.9. The van der Waals surface area contributed by atoms with Crippen LogP contribution in [0, 0.1) is 0 Å². The lowest BCUT2D eigenvalue weighted by molar-refractivity contribution is 0.322. The predicted molar refractivity (Wildman–Crippen MR) is 88.8 cm³/mol. The summed E-state index contributed by atoms with van der Waals surface area (Å²) in [5.41, 5.74) is 0. The van der Waals surface area contributed by atoms with Gasteiger partial charge in [0.1, 0.15) is 12.4 Å². The minimum atomic E-state index is -3.17. The molecule has 0 saturated carbocycles. The molecule has 0 heterocycles. The summed E-state index contributed by atoms with van der Waals surface area (Å²) in [4.78, 5) is 4.27. The smallest absolute Gasteiger partial charge is 0.208 e. The molecule has 0 amide bonds. The van der Waals surface area contributed by atoms with Gasteiger partial charge in [-0.2, -0.15) is 0 Å². The van der Waals surface area contributed by atoms with Crippen molar-refractivity contribution in [3.63, 3.8) is 0 Å². The molecular weight excluding hydrogens is 304 g/mol. The van der Waals surface area contributed by atoms with Crippen molar-refractivity contribution in [3.05, 3.63) is 30.3 Å². The fourth-order valence-electron chi connectivity index (χ4n) is 1.60. The quantitative estimate of drug-likeness (QED) is 0.341. The number of para-hydroxylation sites is 1. The number of hydrogen-bond donors (Lipinski definition) is 3. The Bertz CT molecular complexity index is 546. The van der Waals surface area contributed by atoms with Crippen LogP contribution >= 0.6 is 0 Å². The minimum absolute atomic E-state index is 0.274. The summed E-state index contributed by atoms with van der Waals surface area (Å²) < 4.78 is 29.8. The average Bonchev–Trinajstić information content (AvgIpc) is 2.48. The van der Waals surface area contributed by atoms with E-state index >= 15 is 0 Å². The van der Waals surface area contributed by atoms with Gasteiger partial charge in [-0.05, 0) is 19.1 Å². The molecule has 8 heteroatoms. The van der Waals surface area contributed by atoms with E-state index in [1.807, 2.05) is 37.3 Å². The summed E-state index contributed by atoms with van der Waals surface area (Å²) in [5, 5.41) is 6.21. The van der Waals surface area contributed by atoms with Gasteiger partial charge < -0.3 is 15.4 Å². The Labute approximate surface area is 132 Å². The zero-order valence-electron chi connectivity index (χ0n) is 13.0. The number of sulfonamides is 1. The summed E-state index contributed by atoms with van der Waals surface area (Å²) >= 11 is 0. The molecule has 0 spiro atoms. The van der Waals surface area contributed by atoms with Crippen LogP contribution in [0.2, 0.25) is 0 Å². The lowest BCUT2D eigenvalue weighted by atomic mass is 10.3. The number of guanidine groups is 1. The SMILES string of the molecule is CCNC(=NCCNS(C)(=O)=O)NCCOc1ccccc1. The molecule has 0 aromatic heterocycles. The average molecular weight is 328 g/mol. The summed E-state index contributed by atoms with van der Waals surface area (Å²) in [5.74, 6) is 1.46. The number of benzene rings is 1. The van der Waals surface area contributed by atoms with Crippen molar-refractivity contribution in [2.75, 3.05) is 39.0 Å². The second-order valence-corrected chi connectivity index (χ2v) is 6.35. The van der Waals surface area contributed by atoms with Crippen LogP contribution in [0.3, 0.4) is 0 Å².